The van der Waals surface area contributed by atoms with Gasteiger partial charge in [-0.1, -0.05) is 0 Å². The lowest BCUT2D eigenvalue weighted by Crippen LogP contribution is -2.43. The Balaban J connectivity index is 1.84. The fraction of sp³-hybridized carbons (Fsp3) is 0.450. The van der Waals surface area contributed by atoms with Gasteiger partial charge in [0.1, 0.15) is 17.0 Å². The van der Waals surface area contributed by atoms with Gasteiger partial charge in [-0.25, -0.2) is 9.07 Å². The van der Waals surface area contributed by atoms with Crippen molar-refractivity contribution in [3.05, 3.63) is 35.4 Å². The Hall–Kier alpha value is -2.74. The standard InChI is InChI=1S/C20H25FN6O/c1-4-28-15-7-8-17(16(21)10-15)27-13(3)18-12(2)23-24-20(19(18)25-27)26-9-5-6-14(22)11-26/h7-8,10,14H,4-6,9,11,22H2,1-3H3/t14-/m0/s1. The molecule has 2 N–H and O–H groups in total. The number of aryl methyl sites for hydroxylation is 2. The van der Waals surface area contributed by atoms with E-state index in [-0.39, 0.29) is 11.9 Å². The summed E-state index contributed by atoms with van der Waals surface area (Å²) >= 11 is 0. The number of halogens is 1. The van der Waals surface area contributed by atoms with Crippen molar-refractivity contribution in [3.8, 4) is 11.4 Å². The quantitative estimate of drug-likeness (QED) is 0.745. The highest BCUT2D eigenvalue weighted by atomic mass is 19.1. The SMILES string of the molecule is CCOc1ccc(-n2nc3c(N4CCC[C@H](N)C4)nnc(C)c3c2C)c(F)c1. The average Bonchev–Trinajstić information content (AvgIpc) is 3.00. The van der Waals surface area contributed by atoms with Gasteiger partial charge in [0.25, 0.3) is 0 Å². The van der Waals surface area contributed by atoms with Crippen LogP contribution in [0.1, 0.15) is 31.2 Å². The second kappa shape index (κ2) is 7.35. The van der Waals surface area contributed by atoms with E-state index in [1.54, 1.807) is 16.8 Å². The van der Waals surface area contributed by atoms with E-state index in [1.807, 2.05) is 20.8 Å². The summed E-state index contributed by atoms with van der Waals surface area (Å²) in [5.41, 5.74) is 8.85. The van der Waals surface area contributed by atoms with Gasteiger partial charge in [-0.15, -0.1) is 5.10 Å². The van der Waals surface area contributed by atoms with Gasteiger partial charge < -0.3 is 15.4 Å². The van der Waals surface area contributed by atoms with Crippen LogP contribution in [0.2, 0.25) is 0 Å². The van der Waals surface area contributed by atoms with Gasteiger partial charge in [0.15, 0.2) is 11.6 Å². The second-order valence-corrected chi connectivity index (χ2v) is 7.22. The number of nitrogens with two attached hydrogens (primary N) is 1. The van der Waals surface area contributed by atoms with E-state index in [0.717, 1.165) is 48.2 Å². The Kier molecular flexibility index (Phi) is 4.89. The van der Waals surface area contributed by atoms with Crippen molar-refractivity contribution in [2.24, 2.45) is 5.73 Å². The molecule has 8 heteroatoms. The molecule has 148 valence electrons. The number of rotatable bonds is 4. The van der Waals surface area contributed by atoms with Crippen LogP contribution in [0.3, 0.4) is 0 Å². The smallest absolute Gasteiger partial charge is 0.179 e. The molecule has 3 aromatic rings. The molecule has 0 amide bonds. The van der Waals surface area contributed by atoms with Gasteiger partial charge in [0, 0.05) is 25.2 Å². The van der Waals surface area contributed by atoms with E-state index in [9.17, 15) is 4.39 Å². The van der Waals surface area contributed by atoms with Crippen LogP contribution in [0, 0.1) is 19.7 Å². The number of fused-ring (bicyclic) bond motifs is 1. The molecule has 3 heterocycles. The van der Waals surface area contributed by atoms with Crippen LogP contribution in [-0.4, -0.2) is 45.7 Å². The maximum absolute atomic E-state index is 14.8. The first-order valence-corrected chi connectivity index (χ1v) is 9.65. The van der Waals surface area contributed by atoms with E-state index in [1.165, 1.54) is 6.07 Å². The normalized spacial score (nSPS) is 17.3. The summed E-state index contributed by atoms with van der Waals surface area (Å²) in [6.45, 7) is 7.76. The number of aromatic nitrogens is 4. The number of hydrogen-bond acceptors (Lipinski definition) is 6. The molecule has 0 unspecified atom stereocenters. The molecule has 0 spiro atoms. The van der Waals surface area contributed by atoms with E-state index in [2.05, 4.69) is 15.1 Å². The molecule has 1 aromatic carbocycles. The number of piperidine rings is 1. The number of nitrogens with zero attached hydrogens (tertiary/aromatic N) is 5. The Morgan fingerprint density at radius 3 is 2.82 bits per heavy atom. The minimum absolute atomic E-state index is 0.110. The Bertz CT molecular complexity index is 1020. The predicted octanol–water partition coefficient (Wildman–Crippen LogP) is 2.90. The van der Waals surface area contributed by atoms with Crippen LogP contribution >= 0.6 is 0 Å². The zero-order valence-corrected chi connectivity index (χ0v) is 16.4. The van der Waals surface area contributed by atoms with Crippen molar-refractivity contribution in [3.63, 3.8) is 0 Å². The zero-order chi connectivity index (χ0) is 19.8. The first-order valence-electron chi connectivity index (χ1n) is 9.65. The third-order valence-corrected chi connectivity index (χ3v) is 5.20. The zero-order valence-electron chi connectivity index (χ0n) is 16.4. The summed E-state index contributed by atoms with van der Waals surface area (Å²) in [7, 11) is 0. The Labute approximate surface area is 163 Å². The van der Waals surface area contributed by atoms with E-state index >= 15 is 0 Å². The van der Waals surface area contributed by atoms with E-state index < -0.39 is 0 Å². The molecular formula is C20H25FN6O. The molecule has 0 aliphatic carbocycles. The van der Waals surface area contributed by atoms with E-state index in [0.29, 0.717) is 23.9 Å². The first kappa shape index (κ1) is 18.6. The summed E-state index contributed by atoms with van der Waals surface area (Å²) in [5, 5.41) is 14.4. The van der Waals surface area contributed by atoms with E-state index in [4.69, 9.17) is 15.6 Å². The maximum Gasteiger partial charge on any atom is 0.179 e. The molecule has 0 radical (unpaired) electrons. The van der Waals surface area contributed by atoms with Crippen molar-refractivity contribution in [2.45, 2.75) is 39.7 Å². The minimum atomic E-state index is -0.387. The van der Waals surface area contributed by atoms with Crippen LogP contribution in [0.15, 0.2) is 18.2 Å². The van der Waals surface area contributed by atoms with Crippen LogP contribution in [0.5, 0.6) is 5.75 Å². The molecule has 1 aliphatic heterocycles. The third-order valence-electron chi connectivity index (χ3n) is 5.20. The molecule has 1 aliphatic rings. The Morgan fingerprint density at radius 2 is 2.11 bits per heavy atom. The largest absolute Gasteiger partial charge is 0.494 e. The fourth-order valence-corrected chi connectivity index (χ4v) is 3.88. The molecule has 4 rings (SSSR count). The molecular weight excluding hydrogens is 359 g/mol. The number of ether oxygens (including phenoxy) is 1. The Morgan fingerprint density at radius 1 is 1.29 bits per heavy atom. The van der Waals surface area contributed by atoms with Crippen LogP contribution in [0.4, 0.5) is 10.2 Å². The van der Waals surface area contributed by atoms with Gasteiger partial charge in [0.05, 0.1) is 23.4 Å². The predicted molar refractivity (Wildman–Crippen MR) is 107 cm³/mol. The average molecular weight is 384 g/mol. The first-order chi connectivity index (χ1) is 13.5. The molecule has 0 saturated carbocycles. The highest BCUT2D eigenvalue weighted by molar-refractivity contribution is 5.92. The second-order valence-electron chi connectivity index (χ2n) is 7.22. The van der Waals surface area contributed by atoms with Gasteiger partial charge in [0.2, 0.25) is 0 Å². The van der Waals surface area contributed by atoms with Gasteiger partial charge in [-0.2, -0.15) is 10.2 Å². The summed E-state index contributed by atoms with van der Waals surface area (Å²) in [5.74, 6) is 0.825. The summed E-state index contributed by atoms with van der Waals surface area (Å²) in [6, 6.07) is 4.94. The van der Waals surface area contributed by atoms with Crippen molar-refractivity contribution in [2.75, 3.05) is 24.6 Å². The molecule has 2 aromatic heterocycles. The molecule has 1 fully saturated rings. The maximum atomic E-state index is 14.8. The lowest BCUT2D eigenvalue weighted by molar-refractivity contribution is 0.338. The topological polar surface area (TPSA) is 82.1 Å². The lowest BCUT2D eigenvalue weighted by Gasteiger charge is -2.31. The van der Waals surface area contributed by atoms with Crippen molar-refractivity contribution in [1.82, 2.24) is 20.0 Å². The summed E-state index contributed by atoms with van der Waals surface area (Å²) in [4.78, 5) is 2.13. The highest BCUT2D eigenvalue weighted by Gasteiger charge is 2.24. The molecule has 1 saturated heterocycles. The molecule has 7 nitrogen and oxygen atoms in total. The van der Waals surface area contributed by atoms with Crippen LogP contribution in [0.25, 0.3) is 16.6 Å². The number of hydrogen-bond donors (Lipinski definition) is 1. The monoisotopic (exact) mass is 384 g/mol. The molecule has 0 bridgehead atoms. The fourth-order valence-electron chi connectivity index (χ4n) is 3.88. The molecule has 1 atom stereocenters. The van der Waals surface area contributed by atoms with Crippen LogP contribution < -0.4 is 15.4 Å². The van der Waals surface area contributed by atoms with Crippen molar-refractivity contribution in [1.29, 1.82) is 0 Å². The van der Waals surface area contributed by atoms with Gasteiger partial charge >= 0.3 is 0 Å². The van der Waals surface area contributed by atoms with Gasteiger partial charge in [-0.3, -0.25) is 0 Å². The highest BCUT2D eigenvalue weighted by Crippen LogP contribution is 2.31. The van der Waals surface area contributed by atoms with Crippen LogP contribution in [-0.2, 0) is 0 Å². The van der Waals surface area contributed by atoms with Crippen molar-refractivity contribution < 1.29 is 9.13 Å². The summed E-state index contributed by atoms with van der Waals surface area (Å²) in [6.07, 6.45) is 2.01. The molecule has 28 heavy (non-hydrogen) atoms. The van der Waals surface area contributed by atoms with Crippen molar-refractivity contribution >= 4 is 16.7 Å². The lowest BCUT2D eigenvalue weighted by atomic mass is 10.1. The third kappa shape index (κ3) is 3.17. The summed E-state index contributed by atoms with van der Waals surface area (Å²) < 4.78 is 21.8. The number of benzene rings is 1. The minimum Gasteiger partial charge on any atom is -0.494 e. The number of anilines is 1. The van der Waals surface area contributed by atoms with Gasteiger partial charge in [-0.05, 0) is 45.7 Å².